The lowest BCUT2D eigenvalue weighted by Gasteiger charge is -2.35. The zero-order valence-corrected chi connectivity index (χ0v) is 17.2. The number of carbonyl (C=O) groups is 2. The molecular weight excluding hydrogens is 392 g/mol. The third kappa shape index (κ3) is 4.83. The number of para-hydroxylation sites is 1. The van der Waals surface area contributed by atoms with Crippen molar-refractivity contribution < 1.29 is 22.7 Å². The maximum Gasteiger partial charge on any atom is 0.445 e. The quantitative estimate of drug-likeness (QED) is 0.728. The molecule has 1 N–H and O–H groups in total. The predicted molar refractivity (Wildman–Crippen MR) is 110 cm³/mol. The van der Waals surface area contributed by atoms with E-state index in [1.54, 1.807) is 43.3 Å². The monoisotopic (exact) mass is 416 g/mol. The van der Waals surface area contributed by atoms with E-state index in [0.717, 1.165) is 9.87 Å². The third-order valence-corrected chi connectivity index (χ3v) is 6.37. The van der Waals surface area contributed by atoms with Gasteiger partial charge in [0, 0.05) is 6.04 Å². The molecule has 1 aliphatic rings. The van der Waals surface area contributed by atoms with Crippen LogP contribution in [0.25, 0.3) is 0 Å². The van der Waals surface area contributed by atoms with E-state index in [1.807, 2.05) is 18.2 Å². The molecule has 0 aliphatic carbocycles. The number of Topliss-reactive ketones (excluding diaryl/α,β-unsaturated/α-hetero) is 1. The number of ketones is 1. The van der Waals surface area contributed by atoms with Gasteiger partial charge in [0.1, 0.15) is 12.4 Å². The second-order valence-corrected chi connectivity index (χ2v) is 8.81. The van der Waals surface area contributed by atoms with Crippen LogP contribution in [0.5, 0.6) is 0 Å². The van der Waals surface area contributed by atoms with Crippen molar-refractivity contribution in [1.29, 1.82) is 0 Å². The third-order valence-electron chi connectivity index (χ3n) is 4.91. The van der Waals surface area contributed by atoms with Crippen LogP contribution in [-0.2, 0) is 32.6 Å². The topological polar surface area (TPSA) is 92.8 Å². The molecule has 2 atom stereocenters. The van der Waals surface area contributed by atoms with E-state index in [2.05, 4.69) is 5.32 Å². The van der Waals surface area contributed by atoms with Crippen molar-refractivity contribution in [3.05, 3.63) is 65.7 Å². The standard InChI is InChI=1S/C21H24N2O5S/c1-15(16(2)24)22-19-12-18-10-6-7-11-20(18)23(13-19)29(26,27)21(25)28-14-17-8-4-3-5-9-17/h3-11,15,19,22H,12-14H2,1-2H3/t15?,19-/m1/s1. The molecule has 0 spiro atoms. The minimum atomic E-state index is -4.39. The molecule has 0 amide bonds. The highest BCUT2D eigenvalue weighted by Crippen LogP contribution is 2.30. The molecule has 154 valence electrons. The maximum absolute atomic E-state index is 13.0. The highest BCUT2D eigenvalue weighted by Gasteiger charge is 2.38. The van der Waals surface area contributed by atoms with Crippen LogP contribution in [0.3, 0.4) is 0 Å². The number of nitrogens with one attached hydrogen (secondary N) is 1. The number of ether oxygens (including phenoxy) is 1. The SMILES string of the molecule is CC(=O)C(C)N[C@@H]1Cc2ccccc2N(S(=O)(=O)C(=O)OCc2ccccc2)C1. The highest BCUT2D eigenvalue weighted by molar-refractivity contribution is 8.06. The zero-order chi connectivity index (χ0) is 21.0. The van der Waals surface area contributed by atoms with Crippen LogP contribution in [0, 0.1) is 0 Å². The average molecular weight is 416 g/mol. The van der Waals surface area contributed by atoms with Gasteiger partial charge in [-0.1, -0.05) is 48.5 Å². The minimum Gasteiger partial charge on any atom is -0.448 e. The van der Waals surface area contributed by atoms with Gasteiger partial charge in [-0.3, -0.25) is 9.10 Å². The largest absolute Gasteiger partial charge is 0.448 e. The van der Waals surface area contributed by atoms with Crippen molar-refractivity contribution in [2.75, 3.05) is 10.8 Å². The highest BCUT2D eigenvalue weighted by atomic mass is 32.2. The van der Waals surface area contributed by atoms with Crippen molar-refractivity contribution in [2.45, 2.75) is 39.0 Å². The summed E-state index contributed by atoms with van der Waals surface area (Å²) in [5, 5.41) is 1.86. The van der Waals surface area contributed by atoms with Gasteiger partial charge < -0.3 is 10.1 Å². The Morgan fingerprint density at radius 1 is 1.14 bits per heavy atom. The number of fused-ring (bicyclic) bond motifs is 1. The molecule has 0 aromatic heterocycles. The van der Waals surface area contributed by atoms with Gasteiger partial charge in [0.2, 0.25) is 0 Å². The fourth-order valence-electron chi connectivity index (χ4n) is 3.25. The minimum absolute atomic E-state index is 0.0391. The van der Waals surface area contributed by atoms with Crippen molar-refractivity contribution in [1.82, 2.24) is 5.32 Å². The fourth-order valence-corrected chi connectivity index (χ4v) is 4.45. The van der Waals surface area contributed by atoms with Gasteiger partial charge in [-0.25, -0.2) is 4.79 Å². The Hall–Kier alpha value is -2.71. The molecule has 0 bridgehead atoms. The Morgan fingerprint density at radius 3 is 2.48 bits per heavy atom. The summed E-state index contributed by atoms with van der Waals surface area (Å²) in [7, 11) is -4.39. The normalized spacial score (nSPS) is 17.3. The number of hydrogen-bond acceptors (Lipinski definition) is 6. The molecule has 1 heterocycles. The van der Waals surface area contributed by atoms with E-state index in [-0.39, 0.29) is 25.0 Å². The molecule has 3 rings (SSSR count). The summed E-state index contributed by atoms with van der Waals surface area (Å²) >= 11 is 0. The van der Waals surface area contributed by atoms with Gasteiger partial charge in [0.05, 0.1) is 18.3 Å². The summed E-state index contributed by atoms with van der Waals surface area (Å²) in [6, 6.07) is 15.2. The van der Waals surface area contributed by atoms with Crippen LogP contribution >= 0.6 is 0 Å². The van der Waals surface area contributed by atoms with Crippen LogP contribution in [0.4, 0.5) is 10.5 Å². The van der Waals surface area contributed by atoms with Gasteiger partial charge in [-0.15, -0.1) is 0 Å². The molecule has 0 saturated heterocycles. The number of anilines is 1. The molecular formula is C21H24N2O5S. The van der Waals surface area contributed by atoms with Crippen LogP contribution in [0.15, 0.2) is 54.6 Å². The molecule has 0 fully saturated rings. The first-order valence-electron chi connectivity index (χ1n) is 9.37. The van der Waals surface area contributed by atoms with Gasteiger partial charge in [-0.2, -0.15) is 8.42 Å². The number of hydrogen-bond donors (Lipinski definition) is 1. The summed E-state index contributed by atoms with van der Waals surface area (Å²) in [5.41, 5.74) is 1.94. The number of benzene rings is 2. The predicted octanol–water partition coefficient (Wildman–Crippen LogP) is 2.65. The van der Waals surface area contributed by atoms with E-state index in [9.17, 15) is 18.0 Å². The van der Waals surface area contributed by atoms with E-state index in [4.69, 9.17) is 4.74 Å². The summed E-state index contributed by atoms with van der Waals surface area (Å²) in [6.45, 7) is 3.12. The fraction of sp³-hybridized carbons (Fsp3) is 0.333. The lowest BCUT2D eigenvalue weighted by Crippen LogP contribution is -2.53. The summed E-state index contributed by atoms with van der Waals surface area (Å²) < 4.78 is 32.1. The first-order chi connectivity index (χ1) is 13.8. The summed E-state index contributed by atoms with van der Waals surface area (Å²) in [6.07, 6.45) is 0.554. The molecule has 8 heteroatoms. The summed E-state index contributed by atoms with van der Waals surface area (Å²) in [4.78, 5) is 24.1. The summed E-state index contributed by atoms with van der Waals surface area (Å²) in [5.74, 6) is -0.0412. The molecule has 0 saturated carbocycles. The number of carbonyl (C=O) groups excluding carboxylic acids is 2. The number of rotatable bonds is 6. The number of nitrogens with zero attached hydrogens (tertiary/aromatic N) is 1. The van der Waals surface area contributed by atoms with E-state index >= 15 is 0 Å². The van der Waals surface area contributed by atoms with Gasteiger partial charge in [0.25, 0.3) is 0 Å². The van der Waals surface area contributed by atoms with E-state index < -0.39 is 21.4 Å². The molecule has 2 aromatic rings. The van der Waals surface area contributed by atoms with Crippen LogP contribution in [-0.4, -0.2) is 38.1 Å². The Morgan fingerprint density at radius 2 is 1.79 bits per heavy atom. The smallest absolute Gasteiger partial charge is 0.445 e. The van der Waals surface area contributed by atoms with Crippen LogP contribution < -0.4 is 9.62 Å². The lowest BCUT2D eigenvalue weighted by molar-refractivity contribution is -0.118. The van der Waals surface area contributed by atoms with Gasteiger partial charge in [0.15, 0.2) is 0 Å². The van der Waals surface area contributed by atoms with Crippen LogP contribution in [0.1, 0.15) is 25.0 Å². The zero-order valence-electron chi connectivity index (χ0n) is 16.4. The molecule has 0 radical (unpaired) electrons. The second-order valence-electron chi connectivity index (χ2n) is 7.09. The molecule has 2 aromatic carbocycles. The Balaban J connectivity index is 1.81. The molecule has 1 unspecified atom stereocenters. The Labute approximate surface area is 170 Å². The average Bonchev–Trinajstić information content (AvgIpc) is 2.71. The van der Waals surface area contributed by atoms with Gasteiger partial charge >= 0.3 is 15.3 Å². The van der Waals surface area contributed by atoms with Crippen molar-refractivity contribution in [3.63, 3.8) is 0 Å². The first-order valence-corrected chi connectivity index (χ1v) is 10.8. The number of sulfonamides is 1. The molecule has 1 aliphatic heterocycles. The molecule has 29 heavy (non-hydrogen) atoms. The molecule has 7 nitrogen and oxygen atoms in total. The first kappa shape index (κ1) is 21.0. The van der Waals surface area contributed by atoms with Crippen molar-refractivity contribution in [2.24, 2.45) is 0 Å². The Kier molecular flexibility index (Phi) is 6.34. The van der Waals surface area contributed by atoms with E-state index in [0.29, 0.717) is 17.7 Å². The van der Waals surface area contributed by atoms with E-state index in [1.165, 1.54) is 6.92 Å². The lowest BCUT2D eigenvalue weighted by atomic mass is 9.99. The Bertz CT molecular complexity index is 991. The maximum atomic E-state index is 13.0. The van der Waals surface area contributed by atoms with Crippen LogP contribution in [0.2, 0.25) is 0 Å². The van der Waals surface area contributed by atoms with Gasteiger partial charge in [-0.05, 0) is 37.5 Å². The van der Waals surface area contributed by atoms with Crippen molar-refractivity contribution in [3.8, 4) is 0 Å². The second kappa shape index (κ2) is 8.75. The van der Waals surface area contributed by atoms with Crippen molar-refractivity contribution >= 4 is 26.8 Å².